The maximum atomic E-state index is 14.2. The molecule has 3 aromatic rings. The van der Waals surface area contributed by atoms with Crippen LogP contribution in [0.25, 0.3) is 0 Å². The van der Waals surface area contributed by atoms with E-state index in [0.717, 1.165) is 30.4 Å². The van der Waals surface area contributed by atoms with Crippen molar-refractivity contribution in [1.82, 2.24) is 19.6 Å². The van der Waals surface area contributed by atoms with Crippen molar-refractivity contribution in [2.24, 2.45) is 5.92 Å². The summed E-state index contributed by atoms with van der Waals surface area (Å²) in [7, 11) is 0. The molecule has 0 spiro atoms. The van der Waals surface area contributed by atoms with Gasteiger partial charge in [0.15, 0.2) is 23.1 Å². The fraction of sp³-hybridized carbons (Fsp3) is 0.417. The summed E-state index contributed by atoms with van der Waals surface area (Å²) in [5.41, 5.74) is -0.545. The Kier molecular flexibility index (Phi) is 8.14. The van der Waals surface area contributed by atoms with E-state index in [9.17, 15) is 14.0 Å². The normalized spacial score (nSPS) is 14.7. The molecule has 1 saturated carbocycles. The molecule has 1 aliphatic carbocycles. The van der Waals surface area contributed by atoms with Crippen LogP contribution in [0, 0.1) is 11.7 Å². The number of nitrogens with zero attached hydrogens (tertiary/aromatic N) is 4. The molecule has 1 amide bonds. The molecule has 1 unspecified atom stereocenters. The third-order valence-electron chi connectivity index (χ3n) is 6.01. The lowest BCUT2D eigenvalue weighted by atomic mass is 9.98. The zero-order chi connectivity index (χ0) is 24.8. The van der Waals surface area contributed by atoms with E-state index in [4.69, 9.17) is 21.4 Å². The lowest BCUT2D eigenvalue weighted by molar-refractivity contribution is -0.120. The van der Waals surface area contributed by atoms with Crippen molar-refractivity contribution in [3.63, 3.8) is 0 Å². The highest BCUT2D eigenvalue weighted by molar-refractivity contribution is 6.30. The van der Waals surface area contributed by atoms with E-state index in [0.29, 0.717) is 31.1 Å². The van der Waals surface area contributed by atoms with Gasteiger partial charge in [-0.15, -0.1) is 0 Å². The summed E-state index contributed by atoms with van der Waals surface area (Å²) in [4.78, 5) is 26.2. The van der Waals surface area contributed by atoms with E-state index in [1.165, 1.54) is 30.5 Å². The second-order valence-corrected chi connectivity index (χ2v) is 8.97. The highest BCUT2D eigenvalue weighted by Crippen LogP contribution is 2.32. The summed E-state index contributed by atoms with van der Waals surface area (Å²) >= 11 is 5.79. The molecule has 9 nitrogen and oxygen atoms in total. The molecule has 1 atom stereocenters. The van der Waals surface area contributed by atoms with Crippen molar-refractivity contribution in [3.8, 4) is 11.5 Å². The fourth-order valence-corrected chi connectivity index (χ4v) is 4.42. The van der Waals surface area contributed by atoms with E-state index < -0.39 is 23.3 Å². The molecule has 2 heterocycles. The Hall–Kier alpha value is -3.24. The Balaban J connectivity index is 1.54. The third kappa shape index (κ3) is 6.26. The van der Waals surface area contributed by atoms with Crippen LogP contribution in [0.4, 0.5) is 10.2 Å². The summed E-state index contributed by atoms with van der Waals surface area (Å²) in [5.74, 6) is -0.570. The van der Waals surface area contributed by atoms with Gasteiger partial charge in [-0.1, -0.05) is 43.4 Å². The number of rotatable bonds is 10. The molecule has 0 radical (unpaired) electrons. The number of amides is 1. The summed E-state index contributed by atoms with van der Waals surface area (Å²) in [6.07, 6.45) is 8.17. The summed E-state index contributed by atoms with van der Waals surface area (Å²) in [6.45, 7) is 0.566. The highest BCUT2D eigenvalue weighted by Gasteiger charge is 2.29. The van der Waals surface area contributed by atoms with Crippen LogP contribution < -0.4 is 15.6 Å². The molecule has 4 rings (SSSR count). The van der Waals surface area contributed by atoms with Crippen molar-refractivity contribution in [2.45, 2.75) is 51.1 Å². The van der Waals surface area contributed by atoms with Gasteiger partial charge in [0.1, 0.15) is 6.04 Å². The molecule has 11 heteroatoms. The number of hydrogen-bond acceptors (Lipinski definition) is 6. The molecule has 0 aliphatic heterocycles. The van der Waals surface area contributed by atoms with Crippen LogP contribution in [0.5, 0.6) is 11.5 Å². The number of aromatic nitrogens is 4. The first-order valence-electron chi connectivity index (χ1n) is 11.6. The number of halogens is 2. The molecule has 0 bridgehead atoms. The molecular formula is C24H27ClFN5O4. The summed E-state index contributed by atoms with van der Waals surface area (Å²) in [5, 5.41) is 20.1. The first-order chi connectivity index (χ1) is 16.9. The first-order valence-corrected chi connectivity index (χ1v) is 12.0. The minimum absolute atomic E-state index is 0.0371. The number of hydrogen-bond donors (Lipinski definition) is 2. The summed E-state index contributed by atoms with van der Waals surface area (Å²) < 4.78 is 22.4. The zero-order valence-electron chi connectivity index (χ0n) is 19.1. The number of benzene rings is 1. The SMILES string of the molecule is O=C(Nc1ccn(CCCO)n1)C(CC1CCCC1)n1ncc(Oc2cccc(Cl)c2F)cc1=O. The van der Waals surface area contributed by atoms with E-state index >= 15 is 0 Å². The number of carbonyl (C=O) groups is 1. The standard InChI is InChI=1S/C24H27ClFN5O4/c25-18-7-3-8-20(23(18)26)35-17-14-22(33)31(27-15-17)19(13-16-5-1-2-6-16)24(34)28-21-9-11-30(29-21)10-4-12-32/h3,7-9,11,14-16,19,32H,1-2,4-6,10,12-13H2,(H,28,29,34). The average molecular weight is 504 g/mol. The van der Waals surface area contributed by atoms with Gasteiger partial charge >= 0.3 is 0 Å². The Morgan fingerprint density at radius 2 is 2.11 bits per heavy atom. The Morgan fingerprint density at radius 3 is 2.86 bits per heavy atom. The zero-order valence-corrected chi connectivity index (χ0v) is 19.8. The van der Waals surface area contributed by atoms with Crippen LogP contribution >= 0.6 is 11.6 Å². The number of aliphatic hydroxyl groups excluding tert-OH is 1. The molecule has 1 fully saturated rings. The molecular weight excluding hydrogens is 477 g/mol. The fourth-order valence-electron chi connectivity index (χ4n) is 4.26. The van der Waals surface area contributed by atoms with Gasteiger partial charge < -0.3 is 15.2 Å². The van der Waals surface area contributed by atoms with Crippen LogP contribution in [0.1, 0.15) is 44.6 Å². The van der Waals surface area contributed by atoms with E-state index in [-0.39, 0.29) is 23.1 Å². The number of aryl methyl sites for hydroxylation is 1. The second-order valence-electron chi connectivity index (χ2n) is 8.56. The molecule has 35 heavy (non-hydrogen) atoms. The Morgan fingerprint density at radius 1 is 1.31 bits per heavy atom. The van der Waals surface area contributed by atoms with Crippen molar-refractivity contribution >= 4 is 23.3 Å². The maximum absolute atomic E-state index is 14.2. The number of nitrogens with one attached hydrogen (secondary N) is 1. The minimum Gasteiger partial charge on any atom is -0.452 e. The topological polar surface area (TPSA) is 111 Å². The quantitative estimate of drug-likeness (QED) is 0.429. The number of aliphatic hydroxyl groups is 1. The first kappa shape index (κ1) is 24.9. The van der Waals surface area contributed by atoms with Crippen LogP contribution in [-0.4, -0.2) is 37.2 Å². The Labute approximate surface area is 206 Å². The monoisotopic (exact) mass is 503 g/mol. The average Bonchev–Trinajstić information content (AvgIpc) is 3.52. The van der Waals surface area contributed by atoms with Gasteiger partial charge in [0.05, 0.1) is 11.2 Å². The molecule has 2 N–H and O–H groups in total. The lowest BCUT2D eigenvalue weighted by Gasteiger charge is -2.21. The van der Waals surface area contributed by atoms with Gasteiger partial charge in [-0.2, -0.15) is 10.2 Å². The van der Waals surface area contributed by atoms with Crippen LogP contribution in [-0.2, 0) is 11.3 Å². The van der Waals surface area contributed by atoms with Crippen molar-refractivity contribution < 1.29 is 19.0 Å². The molecule has 1 aromatic carbocycles. The molecule has 1 aliphatic rings. The van der Waals surface area contributed by atoms with Gasteiger partial charge in [-0.3, -0.25) is 14.3 Å². The van der Waals surface area contributed by atoms with E-state index in [1.807, 2.05) is 0 Å². The predicted molar refractivity (Wildman–Crippen MR) is 128 cm³/mol. The Bertz CT molecular complexity index is 1220. The van der Waals surface area contributed by atoms with Gasteiger partial charge in [-0.25, -0.2) is 9.07 Å². The molecule has 0 saturated heterocycles. The number of ether oxygens (including phenoxy) is 1. The maximum Gasteiger partial charge on any atom is 0.271 e. The van der Waals surface area contributed by atoms with Crippen LogP contribution in [0.3, 0.4) is 0 Å². The summed E-state index contributed by atoms with van der Waals surface area (Å²) in [6, 6.07) is 6.30. The van der Waals surface area contributed by atoms with E-state index in [1.54, 1.807) is 16.9 Å². The van der Waals surface area contributed by atoms with E-state index in [2.05, 4.69) is 15.5 Å². The number of carbonyl (C=O) groups excluding carboxylic acids is 1. The van der Waals surface area contributed by atoms with Gasteiger partial charge in [-0.05, 0) is 30.9 Å². The van der Waals surface area contributed by atoms with Crippen molar-refractivity contribution in [1.29, 1.82) is 0 Å². The van der Waals surface area contributed by atoms with Crippen molar-refractivity contribution in [2.75, 3.05) is 11.9 Å². The second kappa shape index (κ2) is 11.5. The van der Waals surface area contributed by atoms with Crippen LogP contribution in [0.2, 0.25) is 5.02 Å². The predicted octanol–water partition coefficient (Wildman–Crippen LogP) is 4.17. The number of anilines is 1. The van der Waals surface area contributed by atoms with Crippen molar-refractivity contribution in [3.05, 3.63) is 63.9 Å². The lowest BCUT2D eigenvalue weighted by Crippen LogP contribution is -2.36. The van der Waals surface area contributed by atoms with Gasteiger partial charge in [0.25, 0.3) is 11.5 Å². The molecule has 2 aromatic heterocycles. The van der Waals surface area contributed by atoms with Gasteiger partial charge in [0, 0.05) is 31.5 Å². The molecule has 186 valence electrons. The largest absolute Gasteiger partial charge is 0.452 e. The van der Waals surface area contributed by atoms with Crippen LogP contribution in [0.15, 0.2) is 47.5 Å². The smallest absolute Gasteiger partial charge is 0.271 e. The van der Waals surface area contributed by atoms with Gasteiger partial charge in [0.2, 0.25) is 0 Å². The highest BCUT2D eigenvalue weighted by atomic mass is 35.5. The minimum atomic E-state index is -0.842. The third-order valence-corrected chi connectivity index (χ3v) is 6.30.